The fourth-order valence-electron chi connectivity index (χ4n) is 5.90. The molecule has 1 unspecified atom stereocenters. The van der Waals surface area contributed by atoms with Gasteiger partial charge in [-0.15, -0.1) is 0 Å². The Morgan fingerprint density at radius 2 is 1.20 bits per heavy atom. The van der Waals surface area contributed by atoms with Crippen LogP contribution in [0.4, 0.5) is 0 Å². The molecule has 0 saturated heterocycles. The van der Waals surface area contributed by atoms with Crippen molar-refractivity contribution in [3.05, 3.63) is 130 Å². The summed E-state index contributed by atoms with van der Waals surface area (Å²) in [6.07, 6.45) is 38.8. The molecule has 1 nitrogen and oxygen atoms in total. The Hall–Kier alpha value is -3.06. The van der Waals surface area contributed by atoms with E-state index in [0.29, 0.717) is 5.92 Å². The van der Waals surface area contributed by atoms with Crippen LogP contribution in [0.25, 0.3) is 0 Å². The fourth-order valence-corrected chi connectivity index (χ4v) is 5.90. The molecular weight excluding hydrogens is 496 g/mol. The minimum Gasteiger partial charge on any atom is -0.516 e. The monoisotopic (exact) mass is 552 g/mol. The Morgan fingerprint density at radius 3 is 1.76 bits per heavy atom. The van der Waals surface area contributed by atoms with Crippen LogP contribution in [0.2, 0.25) is 0 Å². The van der Waals surface area contributed by atoms with Crippen LogP contribution < -0.4 is 0 Å². The summed E-state index contributed by atoms with van der Waals surface area (Å²) in [5.41, 5.74) is 9.56. The molecule has 1 N–H and O–H groups in total. The lowest BCUT2D eigenvalue weighted by atomic mass is 9.66. The fraction of sp³-hybridized carbons (Fsp3) is 0.450. The zero-order valence-electron chi connectivity index (χ0n) is 27.4. The van der Waals surface area contributed by atoms with Gasteiger partial charge in [0.05, 0.1) is 6.26 Å². The molecule has 0 aromatic carbocycles. The van der Waals surface area contributed by atoms with Crippen molar-refractivity contribution in [1.82, 2.24) is 0 Å². The van der Waals surface area contributed by atoms with E-state index in [9.17, 15) is 5.11 Å². The van der Waals surface area contributed by atoms with E-state index in [1.807, 2.05) is 0 Å². The van der Waals surface area contributed by atoms with Crippen LogP contribution in [0.15, 0.2) is 130 Å². The van der Waals surface area contributed by atoms with Crippen molar-refractivity contribution in [2.75, 3.05) is 0 Å². The van der Waals surface area contributed by atoms with Gasteiger partial charge in [0.15, 0.2) is 0 Å². The smallest absolute Gasteiger partial charge is 0.0789 e. The summed E-state index contributed by atoms with van der Waals surface area (Å²) in [5, 5.41) is 9.67. The molecule has 1 heteroatoms. The summed E-state index contributed by atoms with van der Waals surface area (Å²) in [6.45, 7) is 20.2. The molecule has 1 saturated carbocycles. The van der Waals surface area contributed by atoms with Gasteiger partial charge in [0.2, 0.25) is 0 Å². The van der Waals surface area contributed by atoms with Crippen LogP contribution in [0.3, 0.4) is 0 Å². The molecule has 1 atom stereocenters. The molecular formula is C40H56O. The van der Waals surface area contributed by atoms with Crippen LogP contribution in [0, 0.1) is 16.7 Å². The van der Waals surface area contributed by atoms with E-state index in [2.05, 4.69) is 147 Å². The van der Waals surface area contributed by atoms with E-state index < -0.39 is 0 Å². The third-order valence-corrected chi connectivity index (χ3v) is 8.57. The van der Waals surface area contributed by atoms with Crippen molar-refractivity contribution in [2.45, 2.75) is 101 Å². The third-order valence-electron chi connectivity index (χ3n) is 8.57. The van der Waals surface area contributed by atoms with Gasteiger partial charge in [0.1, 0.15) is 0 Å². The Bertz CT molecular complexity index is 1220. The topological polar surface area (TPSA) is 20.2 Å². The molecule has 2 aliphatic rings. The molecule has 222 valence electrons. The summed E-state index contributed by atoms with van der Waals surface area (Å²) < 4.78 is 0. The summed E-state index contributed by atoms with van der Waals surface area (Å²) in [7, 11) is 0. The SMILES string of the molecule is CC1=C(\C=C/C(C)=C/C=C/C(C)=C\C=C/C=C(C)/C=C/C=C(C)/C=C/C2/C(=C/O)CCCC2(C)C)C(C)(C)CCC1. The van der Waals surface area contributed by atoms with Crippen molar-refractivity contribution < 1.29 is 5.11 Å². The Labute approximate surface area is 252 Å². The molecule has 0 heterocycles. The lowest BCUT2D eigenvalue weighted by molar-refractivity contribution is 0.221. The van der Waals surface area contributed by atoms with Crippen LogP contribution in [-0.4, -0.2) is 5.11 Å². The van der Waals surface area contributed by atoms with Crippen LogP contribution in [0.1, 0.15) is 101 Å². The zero-order chi connectivity index (χ0) is 30.5. The maximum Gasteiger partial charge on any atom is 0.0789 e. The summed E-state index contributed by atoms with van der Waals surface area (Å²) >= 11 is 0. The molecule has 0 radical (unpaired) electrons. The molecule has 0 aromatic heterocycles. The summed E-state index contributed by atoms with van der Waals surface area (Å²) in [4.78, 5) is 0. The van der Waals surface area contributed by atoms with Crippen molar-refractivity contribution in [1.29, 1.82) is 0 Å². The van der Waals surface area contributed by atoms with Gasteiger partial charge in [-0.05, 0) is 95.1 Å². The normalized spacial score (nSPS) is 24.4. The van der Waals surface area contributed by atoms with Gasteiger partial charge in [-0.25, -0.2) is 0 Å². The first kappa shape index (κ1) is 34.1. The zero-order valence-corrected chi connectivity index (χ0v) is 27.4. The number of aliphatic hydroxyl groups excluding tert-OH is 1. The molecule has 0 amide bonds. The first-order chi connectivity index (χ1) is 19.4. The van der Waals surface area contributed by atoms with Crippen molar-refractivity contribution in [2.24, 2.45) is 16.7 Å². The van der Waals surface area contributed by atoms with E-state index >= 15 is 0 Å². The quantitative estimate of drug-likeness (QED) is 0.211. The van der Waals surface area contributed by atoms with Crippen molar-refractivity contribution in [3.8, 4) is 0 Å². The minimum atomic E-state index is 0.184. The molecule has 41 heavy (non-hydrogen) atoms. The average Bonchev–Trinajstić information content (AvgIpc) is 2.89. The highest BCUT2D eigenvalue weighted by atomic mass is 16.2. The van der Waals surface area contributed by atoms with Crippen molar-refractivity contribution in [3.63, 3.8) is 0 Å². The number of rotatable bonds is 10. The standard InChI is InChI=1S/C40H56O/c1-31(18-12-20-33(3)24-26-37-35(5)22-14-28-39(37,6)7)16-10-11-17-32(2)19-13-21-34(4)25-27-38-36(30-41)23-15-29-40(38,8)9/h10-13,16-21,24-27,30,38,41H,14-15,22-23,28-29H2,1-9H3/b11-10-,18-12+,19-13+,26-24-,27-25+,31-16-,32-17+,33-20+,34-21+,36-30+. The van der Waals surface area contributed by atoms with E-state index in [-0.39, 0.29) is 10.8 Å². The van der Waals surface area contributed by atoms with Gasteiger partial charge >= 0.3 is 0 Å². The van der Waals surface area contributed by atoms with Crippen molar-refractivity contribution >= 4 is 0 Å². The van der Waals surface area contributed by atoms with Gasteiger partial charge in [-0.3, -0.25) is 0 Å². The summed E-state index contributed by atoms with van der Waals surface area (Å²) in [6, 6.07) is 0. The van der Waals surface area contributed by atoms with E-state index in [1.165, 1.54) is 59.8 Å². The largest absolute Gasteiger partial charge is 0.516 e. The van der Waals surface area contributed by atoms with E-state index in [4.69, 9.17) is 0 Å². The molecule has 0 aliphatic heterocycles. The molecule has 2 aliphatic carbocycles. The summed E-state index contributed by atoms with van der Waals surface area (Å²) in [5.74, 6) is 0.296. The lowest BCUT2D eigenvalue weighted by Gasteiger charge is -2.38. The highest BCUT2D eigenvalue weighted by Gasteiger charge is 2.33. The Morgan fingerprint density at radius 1 is 0.683 bits per heavy atom. The second-order valence-corrected chi connectivity index (χ2v) is 13.4. The van der Waals surface area contributed by atoms with Gasteiger partial charge in [0.25, 0.3) is 0 Å². The Kier molecular flexibility index (Phi) is 13.7. The van der Waals surface area contributed by atoms with E-state index in [0.717, 1.165) is 18.4 Å². The second kappa shape index (κ2) is 16.4. The number of allylic oxidation sites excluding steroid dienone is 21. The van der Waals surface area contributed by atoms with Gasteiger partial charge in [-0.2, -0.15) is 0 Å². The molecule has 0 bridgehead atoms. The Balaban J connectivity index is 1.89. The molecule has 0 spiro atoms. The predicted octanol–water partition coefficient (Wildman–Crippen LogP) is 12.3. The van der Waals surface area contributed by atoms with Gasteiger partial charge < -0.3 is 5.11 Å². The maximum atomic E-state index is 9.67. The second-order valence-electron chi connectivity index (χ2n) is 13.4. The predicted molar refractivity (Wildman–Crippen MR) is 183 cm³/mol. The van der Waals surface area contributed by atoms with Crippen LogP contribution >= 0.6 is 0 Å². The highest BCUT2D eigenvalue weighted by molar-refractivity contribution is 5.37. The first-order valence-corrected chi connectivity index (χ1v) is 15.5. The number of hydrogen-bond donors (Lipinski definition) is 1. The van der Waals surface area contributed by atoms with Crippen LogP contribution in [0.5, 0.6) is 0 Å². The molecule has 1 fully saturated rings. The average molecular weight is 553 g/mol. The highest BCUT2D eigenvalue weighted by Crippen LogP contribution is 2.44. The maximum absolute atomic E-state index is 9.67. The van der Waals surface area contributed by atoms with E-state index in [1.54, 1.807) is 5.57 Å². The first-order valence-electron chi connectivity index (χ1n) is 15.5. The minimum absolute atomic E-state index is 0.184. The lowest BCUT2D eigenvalue weighted by Crippen LogP contribution is -2.28. The number of hydrogen-bond acceptors (Lipinski definition) is 1. The molecule has 0 aromatic rings. The third kappa shape index (κ3) is 11.8. The molecule has 2 rings (SSSR count). The number of aliphatic hydroxyl groups is 1. The van der Waals surface area contributed by atoms with Gasteiger partial charge in [-0.1, -0.05) is 141 Å². The van der Waals surface area contributed by atoms with Crippen LogP contribution in [-0.2, 0) is 0 Å². The van der Waals surface area contributed by atoms with Gasteiger partial charge in [0, 0.05) is 5.92 Å².